The summed E-state index contributed by atoms with van der Waals surface area (Å²) in [4.78, 5) is 15.1. The highest BCUT2D eigenvalue weighted by Gasteiger charge is 2.21. The van der Waals surface area contributed by atoms with E-state index in [1.807, 2.05) is 60.7 Å². The molecular formula is C48H33N5. The lowest BCUT2D eigenvalue weighted by Gasteiger charge is -2.13. The Bertz CT molecular complexity index is 2840. The van der Waals surface area contributed by atoms with Crippen molar-refractivity contribution in [1.82, 2.24) is 24.1 Å². The first-order valence-corrected chi connectivity index (χ1v) is 17.9. The Morgan fingerprint density at radius 3 is 1.64 bits per heavy atom. The van der Waals surface area contributed by atoms with E-state index in [1.165, 1.54) is 38.3 Å². The molecule has 0 aliphatic rings. The molecule has 0 aliphatic carbocycles. The molecule has 3 aromatic heterocycles. The molecule has 0 bridgehead atoms. The molecule has 0 aliphatic heterocycles. The summed E-state index contributed by atoms with van der Waals surface area (Å²) in [5.41, 5.74) is 11.0. The van der Waals surface area contributed by atoms with E-state index in [2.05, 4.69) is 137 Å². The van der Waals surface area contributed by atoms with Crippen LogP contribution in [0.3, 0.4) is 0 Å². The van der Waals surface area contributed by atoms with Crippen molar-refractivity contribution in [3.63, 3.8) is 0 Å². The molecule has 10 aromatic rings. The van der Waals surface area contributed by atoms with E-state index in [0.717, 1.165) is 40.0 Å². The Labute approximate surface area is 307 Å². The summed E-state index contributed by atoms with van der Waals surface area (Å²) in [6.45, 7) is 0.774. The quantitative estimate of drug-likeness (QED) is 0.168. The zero-order valence-corrected chi connectivity index (χ0v) is 28.8. The Morgan fingerprint density at radius 1 is 0.415 bits per heavy atom. The minimum Gasteiger partial charge on any atom is -0.343 e. The highest BCUT2D eigenvalue weighted by molar-refractivity contribution is 6.24. The SMILES string of the molecule is c1ccc(Cn2ccc3c2cc(-c2cccc(-c4nc(-c5ccccc5)nc(-c5ccccc5)n4)c2)c2c4ccccc4n(-c4ccccc4)c32)cc1. The van der Waals surface area contributed by atoms with Gasteiger partial charge in [0.1, 0.15) is 0 Å². The second kappa shape index (κ2) is 12.9. The minimum atomic E-state index is 0.635. The predicted molar refractivity (Wildman–Crippen MR) is 217 cm³/mol. The fourth-order valence-electron chi connectivity index (χ4n) is 7.58. The number of para-hydroxylation sites is 2. The van der Waals surface area contributed by atoms with Crippen LogP contribution in [0.1, 0.15) is 5.56 Å². The van der Waals surface area contributed by atoms with E-state index < -0.39 is 0 Å². The molecule has 0 fully saturated rings. The van der Waals surface area contributed by atoms with Crippen LogP contribution in [0.5, 0.6) is 0 Å². The van der Waals surface area contributed by atoms with E-state index >= 15 is 0 Å². The third kappa shape index (κ3) is 5.47. The molecular weight excluding hydrogens is 647 g/mol. The molecule has 0 spiro atoms. The number of benzene rings is 7. The average molecular weight is 680 g/mol. The molecule has 3 heterocycles. The van der Waals surface area contributed by atoms with Crippen LogP contribution < -0.4 is 0 Å². The van der Waals surface area contributed by atoms with Crippen molar-refractivity contribution in [2.45, 2.75) is 6.54 Å². The van der Waals surface area contributed by atoms with Crippen LogP contribution in [0.2, 0.25) is 0 Å². The van der Waals surface area contributed by atoms with Gasteiger partial charge in [0, 0.05) is 51.3 Å². The van der Waals surface area contributed by atoms with Crippen molar-refractivity contribution in [2.24, 2.45) is 0 Å². The summed E-state index contributed by atoms with van der Waals surface area (Å²) >= 11 is 0. The van der Waals surface area contributed by atoms with Crippen LogP contribution in [-0.4, -0.2) is 24.1 Å². The van der Waals surface area contributed by atoms with E-state index in [-0.39, 0.29) is 0 Å². The Hall–Kier alpha value is -7.11. The third-order valence-corrected chi connectivity index (χ3v) is 10.0. The molecule has 0 radical (unpaired) electrons. The van der Waals surface area contributed by atoms with Crippen LogP contribution in [-0.2, 0) is 6.54 Å². The summed E-state index contributed by atoms with van der Waals surface area (Å²) < 4.78 is 4.80. The number of rotatable bonds is 7. The summed E-state index contributed by atoms with van der Waals surface area (Å²) in [5, 5.41) is 3.65. The Balaban J connectivity index is 1.23. The van der Waals surface area contributed by atoms with Crippen LogP contribution >= 0.6 is 0 Å². The zero-order chi connectivity index (χ0) is 35.1. The van der Waals surface area contributed by atoms with Gasteiger partial charge in [-0.1, -0.05) is 146 Å². The summed E-state index contributed by atoms with van der Waals surface area (Å²) in [6.07, 6.45) is 2.23. The first-order valence-electron chi connectivity index (χ1n) is 17.9. The summed E-state index contributed by atoms with van der Waals surface area (Å²) in [5.74, 6) is 1.93. The lowest BCUT2D eigenvalue weighted by Crippen LogP contribution is -2.00. The van der Waals surface area contributed by atoms with Gasteiger partial charge >= 0.3 is 0 Å². The monoisotopic (exact) mass is 679 g/mol. The van der Waals surface area contributed by atoms with Crippen LogP contribution in [0, 0.1) is 0 Å². The molecule has 250 valence electrons. The number of hydrogen-bond donors (Lipinski definition) is 0. The number of nitrogens with zero attached hydrogens (tertiary/aromatic N) is 5. The highest BCUT2D eigenvalue weighted by Crippen LogP contribution is 2.43. The number of fused-ring (bicyclic) bond motifs is 5. The third-order valence-electron chi connectivity index (χ3n) is 10.0. The number of aromatic nitrogens is 5. The largest absolute Gasteiger partial charge is 0.343 e. The Morgan fingerprint density at radius 2 is 0.962 bits per heavy atom. The Kier molecular flexibility index (Phi) is 7.47. The van der Waals surface area contributed by atoms with E-state index in [4.69, 9.17) is 15.0 Å². The van der Waals surface area contributed by atoms with Gasteiger partial charge < -0.3 is 9.13 Å². The summed E-state index contributed by atoms with van der Waals surface area (Å²) in [6, 6.07) is 63.7. The minimum absolute atomic E-state index is 0.635. The van der Waals surface area contributed by atoms with Crippen LogP contribution in [0.15, 0.2) is 188 Å². The first kappa shape index (κ1) is 30.7. The summed E-state index contributed by atoms with van der Waals surface area (Å²) in [7, 11) is 0. The van der Waals surface area contributed by atoms with Gasteiger partial charge in [-0.05, 0) is 53.1 Å². The molecule has 0 amide bonds. The molecule has 0 atom stereocenters. The molecule has 53 heavy (non-hydrogen) atoms. The molecule has 7 aromatic carbocycles. The topological polar surface area (TPSA) is 48.5 Å². The standard InChI is InChI=1S/C48H33N5/c1-5-16-33(17-6-1)32-52-29-28-40-43(52)31-41(44-39-26-13-14-27-42(39)53(45(40)44)38-24-11-4-12-25-38)36-22-15-23-37(30-36)48-50-46(34-18-7-2-8-19-34)49-47(51-48)35-20-9-3-10-21-35/h1-31H,32H2. The van der Waals surface area contributed by atoms with E-state index in [9.17, 15) is 0 Å². The van der Waals surface area contributed by atoms with E-state index in [1.54, 1.807) is 0 Å². The van der Waals surface area contributed by atoms with Gasteiger partial charge in [-0.25, -0.2) is 15.0 Å². The smallest absolute Gasteiger partial charge is 0.164 e. The normalized spacial score (nSPS) is 11.5. The second-order valence-electron chi connectivity index (χ2n) is 13.3. The maximum absolute atomic E-state index is 5.06. The first-order chi connectivity index (χ1) is 26.3. The van der Waals surface area contributed by atoms with Crippen molar-refractivity contribution >= 4 is 32.7 Å². The molecule has 0 N–H and O–H groups in total. The lowest BCUT2D eigenvalue weighted by atomic mass is 9.96. The fourth-order valence-corrected chi connectivity index (χ4v) is 7.58. The van der Waals surface area contributed by atoms with Gasteiger partial charge in [0.15, 0.2) is 17.5 Å². The second-order valence-corrected chi connectivity index (χ2v) is 13.3. The average Bonchev–Trinajstić information content (AvgIpc) is 3.80. The molecule has 0 saturated carbocycles. The van der Waals surface area contributed by atoms with Crippen molar-refractivity contribution in [2.75, 3.05) is 0 Å². The lowest BCUT2D eigenvalue weighted by molar-refractivity contribution is 0.837. The predicted octanol–water partition coefficient (Wildman–Crippen LogP) is 11.6. The molecule has 0 saturated heterocycles. The van der Waals surface area contributed by atoms with E-state index in [0.29, 0.717) is 17.5 Å². The molecule has 0 unspecified atom stereocenters. The van der Waals surface area contributed by atoms with Crippen molar-refractivity contribution in [1.29, 1.82) is 0 Å². The maximum Gasteiger partial charge on any atom is 0.164 e. The van der Waals surface area contributed by atoms with Crippen LogP contribution in [0.25, 0.3) is 83.7 Å². The maximum atomic E-state index is 5.06. The van der Waals surface area contributed by atoms with Gasteiger partial charge in [-0.2, -0.15) is 0 Å². The van der Waals surface area contributed by atoms with Crippen LogP contribution in [0.4, 0.5) is 0 Å². The van der Waals surface area contributed by atoms with Crippen molar-refractivity contribution in [3.05, 3.63) is 194 Å². The molecule has 5 nitrogen and oxygen atoms in total. The van der Waals surface area contributed by atoms with Gasteiger partial charge in [-0.3, -0.25) is 0 Å². The van der Waals surface area contributed by atoms with Gasteiger partial charge in [0.05, 0.1) is 16.6 Å². The molecule has 10 rings (SSSR count). The highest BCUT2D eigenvalue weighted by atomic mass is 15.0. The fraction of sp³-hybridized carbons (Fsp3) is 0.0208. The number of hydrogen-bond acceptors (Lipinski definition) is 3. The van der Waals surface area contributed by atoms with Gasteiger partial charge in [0.25, 0.3) is 0 Å². The zero-order valence-electron chi connectivity index (χ0n) is 28.8. The van der Waals surface area contributed by atoms with Gasteiger partial charge in [-0.15, -0.1) is 0 Å². The molecule has 5 heteroatoms. The van der Waals surface area contributed by atoms with Crippen molar-refractivity contribution < 1.29 is 0 Å². The van der Waals surface area contributed by atoms with Gasteiger partial charge in [0.2, 0.25) is 0 Å². The van der Waals surface area contributed by atoms with Crippen molar-refractivity contribution in [3.8, 4) is 51.0 Å².